The van der Waals surface area contributed by atoms with Crippen molar-refractivity contribution in [1.29, 1.82) is 0 Å². The number of rotatable bonds is 2. The van der Waals surface area contributed by atoms with Crippen LogP contribution in [-0.2, 0) is 13.6 Å². The molecule has 1 fully saturated rings. The van der Waals surface area contributed by atoms with Crippen LogP contribution in [0.1, 0.15) is 30.8 Å². The molecule has 0 N–H and O–H groups in total. The van der Waals surface area contributed by atoms with E-state index >= 15 is 0 Å². The van der Waals surface area contributed by atoms with E-state index in [4.69, 9.17) is 0 Å². The molecule has 1 aromatic heterocycles. The summed E-state index contributed by atoms with van der Waals surface area (Å²) < 4.78 is 1.98. The van der Waals surface area contributed by atoms with E-state index < -0.39 is 0 Å². The first kappa shape index (κ1) is 10.7. The third-order valence-electron chi connectivity index (χ3n) is 3.94. The van der Waals surface area contributed by atoms with Crippen LogP contribution in [0, 0.1) is 19.8 Å². The number of hydrogen-bond acceptors (Lipinski definition) is 2. The molecule has 0 radical (unpaired) electrons. The van der Waals surface area contributed by atoms with Crippen LogP contribution < -0.4 is 0 Å². The Morgan fingerprint density at radius 2 is 2.00 bits per heavy atom. The lowest BCUT2D eigenvalue weighted by molar-refractivity contribution is 0.0303. The first-order valence-corrected chi connectivity index (χ1v) is 5.73. The van der Waals surface area contributed by atoms with Gasteiger partial charge in [0.25, 0.3) is 0 Å². The minimum atomic E-state index is 0.726. The van der Waals surface area contributed by atoms with E-state index in [-0.39, 0.29) is 0 Å². The molecule has 0 aliphatic carbocycles. The summed E-state index contributed by atoms with van der Waals surface area (Å²) in [4.78, 5) is 2.53. The fourth-order valence-electron chi connectivity index (χ4n) is 2.37. The summed E-state index contributed by atoms with van der Waals surface area (Å²) in [5.74, 6) is 0.849. The van der Waals surface area contributed by atoms with Gasteiger partial charge in [0, 0.05) is 37.4 Å². The van der Waals surface area contributed by atoms with Crippen LogP contribution in [0.5, 0.6) is 0 Å². The zero-order chi connectivity index (χ0) is 11.2. The Labute approximate surface area is 92.1 Å². The van der Waals surface area contributed by atoms with Gasteiger partial charge in [-0.25, -0.2) is 0 Å². The lowest BCUT2D eigenvalue weighted by atomic mass is 9.91. The highest BCUT2D eigenvalue weighted by atomic mass is 15.3. The van der Waals surface area contributed by atoms with Crippen molar-refractivity contribution in [2.75, 3.05) is 6.54 Å². The molecule has 3 heteroatoms. The van der Waals surface area contributed by atoms with Gasteiger partial charge in [0.05, 0.1) is 5.69 Å². The highest BCUT2D eigenvalue weighted by Gasteiger charge is 2.32. The maximum absolute atomic E-state index is 4.46. The molecule has 0 aromatic carbocycles. The van der Waals surface area contributed by atoms with Gasteiger partial charge in [0.2, 0.25) is 0 Å². The molecule has 0 saturated carbocycles. The van der Waals surface area contributed by atoms with Gasteiger partial charge in [-0.15, -0.1) is 0 Å². The van der Waals surface area contributed by atoms with E-state index in [1.165, 1.54) is 23.5 Å². The summed E-state index contributed by atoms with van der Waals surface area (Å²) in [7, 11) is 2.02. The normalized spacial score (nSPS) is 26.7. The third-order valence-corrected chi connectivity index (χ3v) is 3.94. The number of aromatic nitrogens is 2. The number of aryl methyl sites for hydroxylation is 2. The Bertz CT molecular complexity index is 367. The minimum Gasteiger partial charge on any atom is -0.296 e. The highest BCUT2D eigenvalue weighted by Crippen LogP contribution is 2.27. The molecule has 2 heterocycles. The summed E-state index contributed by atoms with van der Waals surface area (Å²) in [6.07, 6.45) is 0. The van der Waals surface area contributed by atoms with Crippen molar-refractivity contribution in [1.82, 2.24) is 14.7 Å². The molecular formula is C12H21N3. The topological polar surface area (TPSA) is 21.1 Å². The maximum Gasteiger partial charge on any atom is 0.0641 e. The summed E-state index contributed by atoms with van der Waals surface area (Å²) in [5.41, 5.74) is 3.90. The second kappa shape index (κ2) is 3.63. The Balaban J connectivity index is 2.11. The highest BCUT2D eigenvalue weighted by molar-refractivity contribution is 5.24. The Morgan fingerprint density at radius 3 is 2.40 bits per heavy atom. The Morgan fingerprint density at radius 1 is 1.33 bits per heavy atom. The molecule has 15 heavy (non-hydrogen) atoms. The monoisotopic (exact) mass is 207 g/mol. The molecule has 0 amide bonds. The van der Waals surface area contributed by atoms with E-state index in [9.17, 15) is 0 Å². The zero-order valence-corrected chi connectivity index (χ0v) is 10.4. The summed E-state index contributed by atoms with van der Waals surface area (Å²) in [6.45, 7) is 11.2. The van der Waals surface area contributed by atoms with Crippen LogP contribution >= 0.6 is 0 Å². The van der Waals surface area contributed by atoms with Crippen LogP contribution in [0.25, 0.3) is 0 Å². The fourth-order valence-corrected chi connectivity index (χ4v) is 2.37. The molecule has 1 saturated heterocycles. The molecule has 1 aliphatic heterocycles. The Kier molecular flexibility index (Phi) is 2.59. The predicted octanol–water partition coefficient (Wildman–Crippen LogP) is 1.88. The molecule has 84 valence electrons. The number of nitrogens with zero attached hydrogens (tertiary/aromatic N) is 3. The van der Waals surface area contributed by atoms with Gasteiger partial charge in [-0.1, -0.05) is 6.92 Å². The van der Waals surface area contributed by atoms with Gasteiger partial charge in [-0.3, -0.25) is 9.58 Å². The number of likely N-dealkylation sites (tertiary alicyclic amines) is 1. The molecule has 0 bridgehead atoms. The van der Waals surface area contributed by atoms with Crippen LogP contribution in [0.15, 0.2) is 0 Å². The van der Waals surface area contributed by atoms with Crippen molar-refractivity contribution in [2.24, 2.45) is 13.0 Å². The van der Waals surface area contributed by atoms with E-state index in [1.54, 1.807) is 0 Å². The fraction of sp³-hybridized carbons (Fsp3) is 0.750. The summed E-state index contributed by atoms with van der Waals surface area (Å²) in [5, 5.41) is 4.46. The van der Waals surface area contributed by atoms with Crippen LogP contribution in [0.2, 0.25) is 0 Å². The van der Waals surface area contributed by atoms with Crippen molar-refractivity contribution in [2.45, 2.75) is 40.3 Å². The molecular weight excluding hydrogens is 186 g/mol. The molecule has 3 nitrogen and oxygen atoms in total. The molecule has 1 aliphatic rings. The van der Waals surface area contributed by atoms with Gasteiger partial charge in [0.1, 0.15) is 0 Å². The smallest absolute Gasteiger partial charge is 0.0641 e. The van der Waals surface area contributed by atoms with Crippen molar-refractivity contribution < 1.29 is 0 Å². The molecule has 0 unspecified atom stereocenters. The largest absolute Gasteiger partial charge is 0.296 e. The molecule has 2 atom stereocenters. The van der Waals surface area contributed by atoms with Gasteiger partial charge >= 0.3 is 0 Å². The van der Waals surface area contributed by atoms with Crippen molar-refractivity contribution in [3.05, 3.63) is 17.0 Å². The van der Waals surface area contributed by atoms with Crippen LogP contribution in [0.4, 0.5) is 0 Å². The lowest BCUT2D eigenvalue weighted by Gasteiger charge is -2.45. The zero-order valence-electron chi connectivity index (χ0n) is 10.4. The summed E-state index contributed by atoms with van der Waals surface area (Å²) in [6, 6.07) is 0.726. The molecule has 1 aromatic rings. The van der Waals surface area contributed by atoms with Gasteiger partial charge in [-0.2, -0.15) is 5.10 Å². The van der Waals surface area contributed by atoms with Gasteiger partial charge in [0.15, 0.2) is 0 Å². The van der Waals surface area contributed by atoms with Crippen molar-refractivity contribution in [3.63, 3.8) is 0 Å². The first-order valence-electron chi connectivity index (χ1n) is 5.73. The predicted molar refractivity (Wildman–Crippen MR) is 61.7 cm³/mol. The van der Waals surface area contributed by atoms with Crippen molar-refractivity contribution in [3.8, 4) is 0 Å². The average Bonchev–Trinajstić information content (AvgIpc) is 2.43. The SMILES string of the molecule is Cc1nn(C)c(C)c1CN1C[C@@H](C)[C@@H]1C. The van der Waals surface area contributed by atoms with E-state index in [0.29, 0.717) is 0 Å². The quantitative estimate of drug-likeness (QED) is 0.738. The lowest BCUT2D eigenvalue weighted by Crippen LogP contribution is -2.52. The standard InChI is InChI=1S/C12H21N3/c1-8-6-15(10(8)3)7-12-9(2)13-14(5)11(12)4/h8,10H,6-7H2,1-5H3/t8-,10+/m1/s1. The Hall–Kier alpha value is -0.830. The molecule has 2 rings (SSSR count). The van der Waals surface area contributed by atoms with E-state index in [2.05, 4.69) is 37.7 Å². The second-order valence-corrected chi connectivity index (χ2v) is 4.92. The third kappa shape index (κ3) is 1.69. The molecule has 0 spiro atoms. The van der Waals surface area contributed by atoms with E-state index in [0.717, 1.165) is 18.5 Å². The van der Waals surface area contributed by atoms with Gasteiger partial charge in [-0.05, 0) is 26.7 Å². The van der Waals surface area contributed by atoms with Crippen LogP contribution in [-0.4, -0.2) is 27.3 Å². The second-order valence-electron chi connectivity index (χ2n) is 4.92. The van der Waals surface area contributed by atoms with E-state index in [1.807, 2.05) is 11.7 Å². The summed E-state index contributed by atoms with van der Waals surface area (Å²) >= 11 is 0. The maximum atomic E-state index is 4.46. The first-order chi connectivity index (χ1) is 7.00. The van der Waals surface area contributed by atoms with Crippen molar-refractivity contribution >= 4 is 0 Å². The minimum absolute atomic E-state index is 0.726. The van der Waals surface area contributed by atoms with Gasteiger partial charge < -0.3 is 0 Å². The van der Waals surface area contributed by atoms with Crippen LogP contribution in [0.3, 0.4) is 0 Å². The number of hydrogen-bond donors (Lipinski definition) is 0. The average molecular weight is 207 g/mol.